The summed E-state index contributed by atoms with van der Waals surface area (Å²) in [6.07, 6.45) is 7.38. The molecular formula is C24H46O3Si. The van der Waals surface area contributed by atoms with Crippen molar-refractivity contribution in [3.05, 3.63) is 11.6 Å². The third-order valence-electron chi connectivity index (χ3n) is 7.36. The summed E-state index contributed by atoms with van der Waals surface area (Å²) in [6, 6.07) is 0. The Morgan fingerprint density at radius 1 is 0.893 bits per heavy atom. The van der Waals surface area contributed by atoms with E-state index in [1.807, 2.05) is 0 Å². The molecule has 0 saturated carbocycles. The van der Waals surface area contributed by atoms with Crippen LogP contribution in [-0.4, -0.2) is 38.3 Å². The maximum absolute atomic E-state index is 6.75. The summed E-state index contributed by atoms with van der Waals surface area (Å²) in [7, 11) is -1.80. The molecule has 0 spiro atoms. The summed E-state index contributed by atoms with van der Waals surface area (Å²) in [5.41, 5.74) is 3.33. The van der Waals surface area contributed by atoms with Gasteiger partial charge in [0.2, 0.25) is 0 Å². The maximum Gasteiger partial charge on any atom is 0.200 e. The lowest BCUT2D eigenvalue weighted by Crippen LogP contribution is -2.48. The molecule has 0 N–H and O–H groups in total. The van der Waals surface area contributed by atoms with Crippen molar-refractivity contribution in [3.63, 3.8) is 0 Å². The van der Waals surface area contributed by atoms with E-state index in [0.29, 0.717) is 22.7 Å². The average molecular weight is 411 g/mol. The van der Waals surface area contributed by atoms with Gasteiger partial charge in [0.25, 0.3) is 0 Å². The van der Waals surface area contributed by atoms with E-state index in [0.717, 1.165) is 32.3 Å². The minimum absolute atomic E-state index is 0.0160. The molecule has 0 aromatic carbocycles. The second-order valence-corrected chi connectivity index (χ2v) is 16.3. The maximum atomic E-state index is 6.75. The highest BCUT2D eigenvalue weighted by Crippen LogP contribution is 2.49. The first-order chi connectivity index (χ1) is 12.9. The van der Waals surface area contributed by atoms with E-state index >= 15 is 0 Å². The predicted octanol–water partition coefficient (Wildman–Crippen LogP) is 7.02. The highest BCUT2D eigenvalue weighted by molar-refractivity contribution is 6.77. The predicted molar refractivity (Wildman–Crippen MR) is 121 cm³/mol. The van der Waals surface area contributed by atoms with E-state index < -0.39 is 8.32 Å². The van der Waals surface area contributed by atoms with E-state index in [2.05, 4.69) is 75.3 Å². The van der Waals surface area contributed by atoms with Crippen LogP contribution in [0.15, 0.2) is 11.6 Å². The lowest BCUT2D eigenvalue weighted by atomic mass is 9.94. The minimum atomic E-state index is -1.80. The minimum Gasteiger partial charge on any atom is -0.413 e. The van der Waals surface area contributed by atoms with Crippen molar-refractivity contribution >= 4 is 8.32 Å². The van der Waals surface area contributed by atoms with Crippen molar-refractivity contribution in [1.82, 2.24) is 0 Å². The molecule has 0 aliphatic carbocycles. The van der Waals surface area contributed by atoms with Crippen LogP contribution in [0, 0.1) is 0 Å². The molecule has 0 aromatic heterocycles. The summed E-state index contributed by atoms with van der Waals surface area (Å²) in [5, 5.41) is 0. The molecule has 2 heterocycles. The molecule has 3 nitrogen and oxygen atoms in total. The number of hydrogen-bond donors (Lipinski definition) is 0. The lowest BCUT2D eigenvalue weighted by molar-refractivity contribution is 0.228. The van der Waals surface area contributed by atoms with Gasteiger partial charge in [-0.3, -0.25) is 0 Å². The normalized spacial score (nSPS) is 32.3. The first-order valence-corrected chi connectivity index (χ1v) is 13.6. The molecule has 164 valence electrons. The van der Waals surface area contributed by atoms with Crippen LogP contribution in [0.2, 0.25) is 16.6 Å². The van der Waals surface area contributed by atoms with E-state index in [9.17, 15) is 0 Å². The molecule has 2 fully saturated rings. The average Bonchev–Trinajstić information content (AvgIpc) is 3.41. The van der Waals surface area contributed by atoms with E-state index in [-0.39, 0.29) is 17.3 Å². The van der Waals surface area contributed by atoms with Gasteiger partial charge >= 0.3 is 0 Å². The van der Waals surface area contributed by atoms with Crippen molar-refractivity contribution in [2.45, 2.75) is 135 Å². The van der Waals surface area contributed by atoms with Gasteiger partial charge in [-0.15, -0.1) is 0 Å². The van der Waals surface area contributed by atoms with Crippen LogP contribution >= 0.6 is 0 Å². The zero-order valence-electron chi connectivity index (χ0n) is 20.2. The van der Waals surface area contributed by atoms with Crippen molar-refractivity contribution in [2.75, 3.05) is 6.61 Å². The van der Waals surface area contributed by atoms with Crippen LogP contribution in [-0.2, 0) is 13.9 Å². The van der Waals surface area contributed by atoms with Gasteiger partial charge < -0.3 is 13.9 Å². The Hall–Kier alpha value is -0.163. The van der Waals surface area contributed by atoms with Crippen molar-refractivity contribution in [1.29, 1.82) is 0 Å². The summed E-state index contributed by atoms with van der Waals surface area (Å²) >= 11 is 0. The second-order valence-electron chi connectivity index (χ2n) is 10.8. The Morgan fingerprint density at radius 2 is 1.39 bits per heavy atom. The molecule has 2 saturated heterocycles. The van der Waals surface area contributed by atoms with Crippen LogP contribution in [0.4, 0.5) is 0 Å². The Kier molecular flexibility index (Phi) is 7.67. The third-order valence-corrected chi connectivity index (χ3v) is 13.4. The second kappa shape index (κ2) is 8.91. The van der Waals surface area contributed by atoms with Crippen LogP contribution in [0.25, 0.3) is 0 Å². The Morgan fingerprint density at radius 3 is 1.89 bits per heavy atom. The van der Waals surface area contributed by atoms with Gasteiger partial charge in [0.15, 0.2) is 8.32 Å². The third kappa shape index (κ3) is 5.30. The molecule has 2 aliphatic rings. The Balaban J connectivity index is 1.79. The quantitative estimate of drug-likeness (QED) is 0.197. The number of rotatable bonds is 12. The molecular weight excluding hydrogens is 364 g/mol. The number of epoxide rings is 2. The van der Waals surface area contributed by atoms with Gasteiger partial charge in [0.1, 0.15) is 6.10 Å². The Labute approximate surface area is 175 Å². The topological polar surface area (TPSA) is 34.3 Å². The van der Waals surface area contributed by atoms with Crippen molar-refractivity contribution < 1.29 is 13.9 Å². The van der Waals surface area contributed by atoms with Gasteiger partial charge in [0, 0.05) is 0 Å². The van der Waals surface area contributed by atoms with Crippen LogP contribution in [0.3, 0.4) is 0 Å². The van der Waals surface area contributed by atoms with E-state index in [4.69, 9.17) is 13.9 Å². The summed E-state index contributed by atoms with van der Waals surface area (Å²) in [4.78, 5) is 0. The number of hydrogen-bond acceptors (Lipinski definition) is 3. The fourth-order valence-electron chi connectivity index (χ4n) is 5.38. The van der Waals surface area contributed by atoms with Crippen LogP contribution in [0.1, 0.15) is 94.9 Å². The zero-order valence-corrected chi connectivity index (χ0v) is 21.2. The first kappa shape index (κ1) is 24.1. The fourth-order valence-corrected chi connectivity index (χ4v) is 10.8. The van der Waals surface area contributed by atoms with Crippen molar-refractivity contribution in [3.8, 4) is 0 Å². The lowest BCUT2D eigenvalue weighted by Gasteiger charge is -2.42. The first-order valence-electron chi connectivity index (χ1n) is 11.5. The largest absolute Gasteiger partial charge is 0.413 e. The number of allylic oxidation sites excluding steroid dienone is 2. The molecule has 4 heteroatoms. The molecule has 2 aliphatic heterocycles. The molecule has 0 unspecified atom stereocenters. The highest BCUT2D eigenvalue weighted by Gasteiger charge is 2.57. The number of ether oxygens (including phenoxy) is 2. The van der Waals surface area contributed by atoms with E-state index in [1.54, 1.807) is 0 Å². The van der Waals surface area contributed by atoms with Crippen molar-refractivity contribution in [2.24, 2.45) is 0 Å². The standard InChI is InChI=1S/C24H46O3Si/c1-17(2)12-11-14-23(9)21(26-23)13-15-24(10)22(27-24)16-25-28(18(3)4,19(5)6)20(7)8/h12,18-22H,11,13-16H2,1-10H3/t21-,22+,23-,24+/m1/s1. The smallest absolute Gasteiger partial charge is 0.200 e. The van der Waals surface area contributed by atoms with Gasteiger partial charge in [-0.25, -0.2) is 0 Å². The van der Waals surface area contributed by atoms with Crippen LogP contribution in [0.5, 0.6) is 0 Å². The molecule has 0 bridgehead atoms. The van der Waals surface area contributed by atoms with Gasteiger partial charge in [-0.1, -0.05) is 53.2 Å². The van der Waals surface area contributed by atoms with Gasteiger partial charge in [0.05, 0.1) is 23.9 Å². The zero-order chi connectivity index (χ0) is 21.3. The van der Waals surface area contributed by atoms with Gasteiger partial charge in [-0.2, -0.15) is 0 Å². The Bertz CT molecular complexity index is 530. The van der Waals surface area contributed by atoms with Gasteiger partial charge in [-0.05, 0) is 70.0 Å². The molecule has 0 aromatic rings. The molecule has 2 rings (SSSR count). The van der Waals surface area contributed by atoms with E-state index in [1.165, 1.54) is 5.57 Å². The molecule has 4 atom stereocenters. The molecule has 28 heavy (non-hydrogen) atoms. The van der Waals surface area contributed by atoms with Crippen LogP contribution < -0.4 is 0 Å². The summed E-state index contributed by atoms with van der Waals surface area (Å²) < 4.78 is 18.9. The SMILES string of the molecule is CC(C)=CCC[C@@]1(C)O[C@@H]1CC[C@]1(C)O[C@H]1CO[Si](C(C)C)(C(C)C)C(C)C. The fraction of sp³-hybridized carbons (Fsp3) is 0.917. The monoisotopic (exact) mass is 410 g/mol. The highest BCUT2D eigenvalue weighted by atomic mass is 28.4. The molecule has 0 radical (unpaired) electrons. The summed E-state index contributed by atoms with van der Waals surface area (Å²) in [5.74, 6) is 0. The molecule has 0 amide bonds. The summed E-state index contributed by atoms with van der Waals surface area (Å²) in [6.45, 7) is 23.7.